The van der Waals surface area contributed by atoms with Gasteiger partial charge in [-0.15, -0.1) is 22.7 Å². The second-order valence-corrected chi connectivity index (χ2v) is 7.47. The first kappa shape index (κ1) is 12.7. The third kappa shape index (κ3) is 3.12. The Balaban J connectivity index is 2.08. The number of aryl methyl sites for hydroxylation is 1. The summed E-state index contributed by atoms with van der Waals surface area (Å²) in [4.78, 5) is 5.10. The fourth-order valence-corrected chi connectivity index (χ4v) is 4.24. The zero-order valence-electron chi connectivity index (χ0n) is 9.21. The zero-order chi connectivity index (χ0) is 12.3. The van der Waals surface area contributed by atoms with E-state index in [9.17, 15) is 8.42 Å². The van der Waals surface area contributed by atoms with E-state index < -0.39 is 10.0 Å². The number of thiazole rings is 1. The maximum absolute atomic E-state index is 11.9. The molecule has 0 aromatic carbocycles. The molecule has 2 aromatic rings. The number of nitrogens with one attached hydrogen (secondary N) is 1. The van der Waals surface area contributed by atoms with Crippen molar-refractivity contribution in [3.05, 3.63) is 33.6 Å². The lowest BCUT2D eigenvalue weighted by atomic mass is 10.4. The second-order valence-electron chi connectivity index (χ2n) is 3.32. The van der Waals surface area contributed by atoms with Crippen molar-refractivity contribution >= 4 is 32.7 Å². The summed E-state index contributed by atoms with van der Waals surface area (Å²) in [6.45, 7) is 2.25. The minimum Gasteiger partial charge on any atom is -0.248 e. The van der Waals surface area contributed by atoms with Crippen LogP contribution in [0.5, 0.6) is 0 Å². The SMILES string of the molecule is CCc1ccc(S(=O)(=O)NCc2nccs2)s1. The van der Waals surface area contributed by atoms with Gasteiger partial charge in [-0.1, -0.05) is 6.92 Å². The molecule has 4 nitrogen and oxygen atoms in total. The van der Waals surface area contributed by atoms with Gasteiger partial charge in [0, 0.05) is 16.5 Å². The largest absolute Gasteiger partial charge is 0.250 e. The molecule has 0 spiro atoms. The summed E-state index contributed by atoms with van der Waals surface area (Å²) in [6, 6.07) is 3.50. The number of sulfonamides is 1. The summed E-state index contributed by atoms with van der Waals surface area (Å²) in [6.07, 6.45) is 2.52. The molecule has 0 fully saturated rings. The molecule has 7 heteroatoms. The van der Waals surface area contributed by atoms with Gasteiger partial charge >= 0.3 is 0 Å². The molecule has 0 saturated carbocycles. The Kier molecular flexibility index (Phi) is 3.93. The molecule has 17 heavy (non-hydrogen) atoms. The number of aromatic nitrogens is 1. The Hall–Kier alpha value is -0.760. The summed E-state index contributed by atoms with van der Waals surface area (Å²) in [5, 5.41) is 2.59. The molecule has 0 aliphatic rings. The number of nitrogens with zero attached hydrogens (tertiary/aromatic N) is 1. The molecule has 2 aromatic heterocycles. The summed E-state index contributed by atoms with van der Waals surface area (Å²) in [7, 11) is -3.39. The smallest absolute Gasteiger partial charge is 0.248 e. The highest BCUT2D eigenvalue weighted by atomic mass is 32.2. The van der Waals surface area contributed by atoms with Crippen LogP contribution in [0.1, 0.15) is 16.8 Å². The minimum absolute atomic E-state index is 0.249. The van der Waals surface area contributed by atoms with Gasteiger partial charge in [-0.2, -0.15) is 0 Å². The van der Waals surface area contributed by atoms with Crippen molar-refractivity contribution in [1.82, 2.24) is 9.71 Å². The lowest BCUT2D eigenvalue weighted by molar-refractivity contribution is 0.583. The molecular formula is C10H12N2O2S3. The van der Waals surface area contributed by atoms with E-state index in [-0.39, 0.29) is 6.54 Å². The molecule has 0 radical (unpaired) electrons. The number of hydrogen-bond acceptors (Lipinski definition) is 5. The lowest BCUT2D eigenvalue weighted by Gasteiger charge is -2.01. The van der Waals surface area contributed by atoms with Crippen LogP contribution in [0, 0.1) is 0 Å². The van der Waals surface area contributed by atoms with Crippen molar-refractivity contribution in [3.8, 4) is 0 Å². The molecule has 0 aliphatic carbocycles. The van der Waals surface area contributed by atoms with Crippen molar-refractivity contribution in [2.75, 3.05) is 0 Å². The molecule has 0 atom stereocenters. The maximum atomic E-state index is 11.9. The van der Waals surface area contributed by atoms with E-state index in [0.717, 1.165) is 16.3 Å². The quantitative estimate of drug-likeness (QED) is 0.918. The van der Waals surface area contributed by atoms with Crippen molar-refractivity contribution in [3.63, 3.8) is 0 Å². The van der Waals surface area contributed by atoms with Crippen molar-refractivity contribution < 1.29 is 8.42 Å². The molecule has 92 valence electrons. The molecule has 0 amide bonds. The Labute approximate surface area is 108 Å². The van der Waals surface area contributed by atoms with Crippen LogP contribution in [0.3, 0.4) is 0 Å². The molecule has 0 saturated heterocycles. The number of rotatable bonds is 5. The first-order valence-electron chi connectivity index (χ1n) is 5.08. The molecule has 1 N–H and O–H groups in total. The normalized spacial score (nSPS) is 11.8. The minimum atomic E-state index is -3.39. The van der Waals surface area contributed by atoms with E-state index in [1.165, 1.54) is 22.7 Å². The van der Waals surface area contributed by atoms with E-state index in [2.05, 4.69) is 9.71 Å². The van der Waals surface area contributed by atoms with Gasteiger partial charge < -0.3 is 0 Å². The van der Waals surface area contributed by atoms with Gasteiger partial charge in [0.25, 0.3) is 0 Å². The standard InChI is InChI=1S/C10H12N2O2S3/c1-2-8-3-4-10(16-8)17(13,14)12-7-9-11-5-6-15-9/h3-6,12H,2,7H2,1H3. The second kappa shape index (κ2) is 5.26. The van der Waals surface area contributed by atoms with E-state index in [0.29, 0.717) is 4.21 Å². The van der Waals surface area contributed by atoms with Crippen LogP contribution in [-0.4, -0.2) is 13.4 Å². The lowest BCUT2D eigenvalue weighted by Crippen LogP contribution is -2.22. The van der Waals surface area contributed by atoms with Crippen LogP contribution in [-0.2, 0) is 23.0 Å². The fourth-order valence-electron chi connectivity index (χ4n) is 1.26. The number of hydrogen-bond donors (Lipinski definition) is 1. The van der Waals surface area contributed by atoms with Crippen LogP contribution in [0.2, 0.25) is 0 Å². The van der Waals surface area contributed by atoms with E-state index in [1.54, 1.807) is 12.3 Å². The third-order valence-corrected chi connectivity index (χ3v) is 6.05. The van der Waals surface area contributed by atoms with Crippen LogP contribution in [0.4, 0.5) is 0 Å². The topological polar surface area (TPSA) is 59.1 Å². The highest BCUT2D eigenvalue weighted by Gasteiger charge is 2.16. The Bertz CT molecular complexity index is 572. The highest BCUT2D eigenvalue weighted by molar-refractivity contribution is 7.91. The Morgan fingerprint density at radius 2 is 2.24 bits per heavy atom. The van der Waals surface area contributed by atoms with Crippen molar-refractivity contribution in [1.29, 1.82) is 0 Å². The van der Waals surface area contributed by atoms with Gasteiger partial charge in [0.2, 0.25) is 10.0 Å². The highest BCUT2D eigenvalue weighted by Crippen LogP contribution is 2.21. The van der Waals surface area contributed by atoms with E-state index >= 15 is 0 Å². The van der Waals surface area contributed by atoms with Gasteiger partial charge in [-0.25, -0.2) is 18.1 Å². The predicted octanol–water partition coefficient (Wildman–Crippen LogP) is 2.25. The van der Waals surface area contributed by atoms with Gasteiger partial charge in [-0.05, 0) is 18.6 Å². The van der Waals surface area contributed by atoms with Crippen LogP contribution in [0.15, 0.2) is 27.9 Å². The molecule has 0 aliphatic heterocycles. The maximum Gasteiger partial charge on any atom is 0.250 e. The van der Waals surface area contributed by atoms with Crippen LogP contribution >= 0.6 is 22.7 Å². The average Bonchev–Trinajstić information content (AvgIpc) is 2.98. The van der Waals surface area contributed by atoms with Gasteiger partial charge in [0.15, 0.2) is 0 Å². The van der Waals surface area contributed by atoms with E-state index in [4.69, 9.17) is 0 Å². The summed E-state index contributed by atoms with van der Waals surface area (Å²) in [5.41, 5.74) is 0. The van der Waals surface area contributed by atoms with E-state index in [1.807, 2.05) is 18.4 Å². The summed E-state index contributed by atoms with van der Waals surface area (Å²) >= 11 is 2.74. The van der Waals surface area contributed by atoms with Gasteiger partial charge in [0.1, 0.15) is 9.22 Å². The summed E-state index contributed by atoms with van der Waals surface area (Å²) in [5.74, 6) is 0. The molecule has 2 heterocycles. The van der Waals surface area contributed by atoms with Crippen LogP contribution < -0.4 is 4.72 Å². The van der Waals surface area contributed by atoms with Crippen molar-refractivity contribution in [2.24, 2.45) is 0 Å². The third-order valence-electron chi connectivity index (χ3n) is 2.15. The first-order chi connectivity index (χ1) is 8.12. The molecular weight excluding hydrogens is 276 g/mol. The predicted molar refractivity (Wildman–Crippen MR) is 69.8 cm³/mol. The van der Waals surface area contributed by atoms with Gasteiger partial charge in [-0.3, -0.25) is 0 Å². The molecule has 0 bridgehead atoms. The summed E-state index contributed by atoms with van der Waals surface area (Å²) < 4.78 is 26.8. The molecule has 0 unspecified atom stereocenters. The first-order valence-corrected chi connectivity index (χ1v) is 8.26. The monoisotopic (exact) mass is 288 g/mol. The average molecular weight is 288 g/mol. The van der Waals surface area contributed by atoms with Crippen molar-refractivity contribution in [2.45, 2.75) is 24.1 Å². The van der Waals surface area contributed by atoms with Crippen LogP contribution in [0.25, 0.3) is 0 Å². The Morgan fingerprint density at radius 1 is 1.41 bits per heavy atom. The fraction of sp³-hybridized carbons (Fsp3) is 0.300. The zero-order valence-corrected chi connectivity index (χ0v) is 11.7. The molecule has 2 rings (SSSR count). The van der Waals surface area contributed by atoms with Gasteiger partial charge in [0.05, 0.1) is 6.54 Å². The Morgan fingerprint density at radius 3 is 2.82 bits per heavy atom. The number of thiophene rings is 1.